The maximum absolute atomic E-state index is 10.3. The van der Waals surface area contributed by atoms with Crippen molar-refractivity contribution in [1.29, 1.82) is 0 Å². The molecule has 1 fully saturated rings. The predicted molar refractivity (Wildman–Crippen MR) is 129 cm³/mol. The molecule has 1 aliphatic heterocycles. The van der Waals surface area contributed by atoms with Crippen molar-refractivity contribution >= 4 is 29.9 Å². The van der Waals surface area contributed by atoms with Crippen LogP contribution in [0.1, 0.15) is 38.9 Å². The molecule has 28 heavy (non-hydrogen) atoms. The lowest BCUT2D eigenvalue weighted by atomic mass is 10.1. The van der Waals surface area contributed by atoms with Gasteiger partial charge in [0.15, 0.2) is 5.96 Å². The predicted octanol–water partition coefficient (Wildman–Crippen LogP) is 2.31. The zero-order valence-electron chi connectivity index (χ0n) is 17.6. The molecule has 2 atom stereocenters. The fourth-order valence-corrected chi connectivity index (χ4v) is 3.37. The fourth-order valence-electron chi connectivity index (χ4n) is 3.37. The molecule has 1 aromatic carbocycles. The Morgan fingerprint density at radius 1 is 1.11 bits per heavy atom. The van der Waals surface area contributed by atoms with E-state index >= 15 is 0 Å². The van der Waals surface area contributed by atoms with E-state index < -0.39 is 6.10 Å². The highest BCUT2D eigenvalue weighted by Gasteiger charge is 2.19. The lowest BCUT2D eigenvalue weighted by Crippen LogP contribution is -2.50. The molecule has 3 N–H and O–H groups in total. The number of likely N-dealkylation sites (N-methyl/N-ethyl adjacent to an activating group) is 1. The van der Waals surface area contributed by atoms with Gasteiger partial charge in [-0.15, -0.1) is 24.0 Å². The monoisotopic (exact) mass is 503 g/mol. The number of piperazine rings is 1. The van der Waals surface area contributed by atoms with Gasteiger partial charge in [-0.05, 0) is 32.4 Å². The highest BCUT2D eigenvalue weighted by atomic mass is 127. The Bertz CT molecular complexity index is 549. The van der Waals surface area contributed by atoms with Gasteiger partial charge in [0.25, 0.3) is 0 Å². The van der Waals surface area contributed by atoms with Crippen molar-refractivity contribution in [1.82, 2.24) is 20.4 Å². The number of hydrogen-bond acceptors (Lipinski definition) is 4. The molecule has 0 amide bonds. The van der Waals surface area contributed by atoms with Crippen LogP contribution in [0.15, 0.2) is 35.3 Å². The van der Waals surface area contributed by atoms with Crippen LogP contribution in [0.5, 0.6) is 0 Å². The van der Waals surface area contributed by atoms with Crippen molar-refractivity contribution in [3.63, 3.8) is 0 Å². The number of aliphatic hydroxyl groups excluding tert-OH is 1. The summed E-state index contributed by atoms with van der Waals surface area (Å²) in [6.45, 7) is 14.5. The molecule has 0 bridgehead atoms. The highest BCUT2D eigenvalue weighted by Crippen LogP contribution is 2.14. The first-order chi connectivity index (χ1) is 13.1. The van der Waals surface area contributed by atoms with Crippen molar-refractivity contribution in [2.24, 2.45) is 4.99 Å². The number of nitrogens with one attached hydrogen (secondary N) is 2. The van der Waals surface area contributed by atoms with Gasteiger partial charge in [-0.3, -0.25) is 9.89 Å². The zero-order valence-corrected chi connectivity index (χ0v) is 19.9. The third-order valence-corrected chi connectivity index (χ3v) is 5.23. The van der Waals surface area contributed by atoms with E-state index in [1.807, 2.05) is 30.3 Å². The van der Waals surface area contributed by atoms with Gasteiger partial charge in [0.05, 0.1) is 12.6 Å². The Kier molecular flexibility index (Phi) is 12.7. The molecule has 1 aromatic rings. The van der Waals surface area contributed by atoms with E-state index in [1.54, 1.807) is 0 Å². The highest BCUT2D eigenvalue weighted by molar-refractivity contribution is 14.0. The maximum Gasteiger partial charge on any atom is 0.191 e. The zero-order chi connectivity index (χ0) is 19.5. The van der Waals surface area contributed by atoms with Gasteiger partial charge in [-0.1, -0.05) is 37.3 Å². The molecule has 160 valence electrons. The maximum atomic E-state index is 10.3. The molecule has 1 saturated heterocycles. The van der Waals surface area contributed by atoms with E-state index in [2.05, 4.69) is 41.2 Å². The molecule has 2 rings (SSSR count). The van der Waals surface area contributed by atoms with Crippen LogP contribution in [0, 0.1) is 0 Å². The van der Waals surface area contributed by atoms with Gasteiger partial charge < -0.3 is 20.6 Å². The van der Waals surface area contributed by atoms with E-state index in [0.717, 1.165) is 57.3 Å². The van der Waals surface area contributed by atoms with Crippen molar-refractivity contribution in [3.8, 4) is 0 Å². The van der Waals surface area contributed by atoms with Crippen LogP contribution in [0.25, 0.3) is 0 Å². The molecule has 6 nitrogen and oxygen atoms in total. The Balaban J connectivity index is 0.00000392. The summed E-state index contributed by atoms with van der Waals surface area (Å²) in [5, 5.41) is 16.9. The first kappa shape index (κ1) is 25.1. The number of guanidine groups is 1. The molecule has 0 spiro atoms. The van der Waals surface area contributed by atoms with Gasteiger partial charge in [0, 0.05) is 45.3 Å². The van der Waals surface area contributed by atoms with Gasteiger partial charge in [-0.2, -0.15) is 0 Å². The third kappa shape index (κ3) is 8.63. The topological polar surface area (TPSA) is 63.1 Å². The van der Waals surface area contributed by atoms with Gasteiger partial charge in [0.1, 0.15) is 0 Å². The standard InChI is InChI=1S/C21H37N5O.HI/c1-4-22-21(23-12-11-20(27)19-9-7-6-8-10-19)24-17-18(3)26-15-13-25(5-2)14-16-26;/h6-10,18,20,27H,4-5,11-17H2,1-3H3,(H2,22,23,24);1H. The molecule has 0 aliphatic carbocycles. The average Bonchev–Trinajstić information content (AvgIpc) is 2.72. The summed E-state index contributed by atoms with van der Waals surface area (Å²) in [7, 11) is 0. The minimum Gasteiger partial charge on any atom is -0.388 e. The van der Waals surface area contributed by atoms with E-state index in [-0.39, 0.29) is 24.0 Å². The SMILES string of the molecule is CCNC(=NCC(C)N1CCN(CC)CC1)NCCC(O)c1ccccc1.I. The number of aliphatic imine (C=N–C) groups is 1. The number of aliphatic hydroxyl groups is 1. The Hall–Kier alpha value is -0.900. The van der Waals surface area contributed by atoms with Crippen LogP contribution < -0.4 is 10.6 Å². The van der Waals surface area contributed by atoms with E-state index in [4.69, 9.17) is 4.99 Å². The number of benzene rings is 1. The van der Waals surface area contributed by atoms with Gasteiger partial charge in [0.2, 0.25) is 0 Å². The van der Waals surface area contributed by atoms with E-state index in [9.17, 15) is 5.11 Å². The summed E-state index contributed by atoms with van der Waals surface area (Å²) in [6, 6.07) is 10.2. The molecule has 2 unspecified atom stereocenters. The molecule has 1 heterocycles. The molecular formula is C21H38IN5O. The first-order valence-corrected chi connectivity index (χ1v) is 10.4. The molecule has 7 heteroatoms. The quantitative estimate of drug-likeness (QED) is 0.274. The van der Waals surface area contributed by atoms with Crippen LogP contribution in [0.3, 0.4) is 0 Å². The number of hydrogen-bond donors (Lipinski definition) is 3. The summed E-state index contributed by atoms with van der Waals surface area (Å²) in [6.07, 6.45) is 0.207. The van der Waals surface area contributed by atoms with Crippen LogP contribution in [0.4, 0.5) is 0 Å². The van der Waals surface area contributed by atoms with Crippen molar-refractivity contribution in [2.45, 2.75) is 39.3 Å². The van der Waals surface area contributed by atoms with Crippen LogP contribution in [-0.4, -0.2) is 79.3 Å². The second kappa shape index (κ2) is 14.1. The lowest BCUT2D eigenvalue weighted by molar-refractivity contribution is 0.109. The Labute approximate surface area is 187 Å². The van der Waals surface area contributed by atoms with Crippen molar-refractivity contribution in [3.05, 3.63) is 35.9 Å². The van der Waals surface area contributed by atoms with Crippen LogP contribution >= 0.6 is 24.0 Å². The second-order valence-electron chi connectivity index (χ2n) is 7.18. The average molecular weight is 503 g/mol. The minimum atomic E-state index is -0.449. The molecule has 0 radical (unpaired) electrons. The molecule has 0 saturated carbocycles. The van der Waals surface area contributed by atoms with Crippen molar-refractivity contribution < 1.29 is 5.11 Å². The summed E-state index contributed by atoms with van der Waals surface area (Å²) in [4.78, 5) is 9.78. The Morgan fingerprint density at radius 3 is 2.39 bits per heavy atom. The lowest BCUT2D eigenvalue weighted by Gasteiger charge is -2.37. The molecule has 1 aliphatic rings. The van der Waals surface area contributed by atoms with Crippen LogP contribution in [0.2, 0.25) is 0 Å². The summed E-state index contributed by atoms with van der Waals surface area (Å²) >= 11 is 0. The number of nitrogens with zero attached hydrogens (tertiary/aromatic N) is 3. The molecule has 0 aromatic heterocycles. The third-order valence-electron chi connectivity index (χ3n) is 5.23. The fraction of sp³-hybridized carbons (Fsp3) is 0.667. The number of halogens is 1. The van der Waals surface area contributed by atoms with E-state index in [0.29, 0.717) is 19.0 Å². The van der Waals surface area contributed by atoms with Crippen LogP contribution in [-0.2, 0) is 0 Å². The van der Waals surface area contributed by atoms with Gasteiger partial charge in [-0.25, -0.2) is 0 Å². The Morgan fingerprint density at radius 2 is 1.79 bits per heavy atom. The normalized spacial score (nSPS) is 18.2. The smallest absolute Gasteiger partial charge is 0.191 e. The number of rotatable bonds is 9. The second-order valence-corrected chi connectivity index (χ2v) is 7.18. The first-order valence-electron chi connectivity index (χ1n) is 10.4. The van der Waals surface area contributed by atoms with E-state index in [1.165, 1.54) is 0 Å². The minimum absolute atomic E-state index is 0. The van der Waals surface area contributed by atoms with Gasteiger partial charge >= 0.3 is 0 Å². The van der Waals surface area contributed by atoms with Crippen molar-refractivity contribution in [2.75, 3.05) is 52.4 Å². The largest absolute Gasteiger partial charge is 0.388 e. The summed E-state index contributed by atoms with van der Waals surface area (Å²) in [5.41, 5.74) is 0.959. The molecular weight excluding hydrogens is 465 g/mol. The summed E-state index contributed by atoms with van der Waals surface area (Å²) < 4.78 is 0. The summed E-state index contributed by atoms with van der Waals surface area (Å²) in [5.74, 6) is 0.830.